The molecule has 0 spiro atoms. The van der Waals surface area contributed by atoms with Crippen molar-refractivity contribution in [1.29, 1.82) is 0 Å². The molecule has 0 saturated carbocycles. The van der Waals surface area contributed by atoms with E-state index in [1.165, 1.54) is 11.1 Å². The average molecular weight is 230 g/mol. The Balaban J connectivity index is 2.05. The number of hydrogen-bond acceptors (Lipinski definition) is 1. The van der Waals surface area contributed by atoms with Crippen LogP contribution in [0.4, 0.5) is 0 Å². The Kier molecular flexibility index (Phi) is 2.89. The summed E-state index contributed by atoms with van der Waals surface area (Å²) in [5.41, 5.74) is 4.51. The van der Waals surface area contributed by atoms with Crippen LogP contribution in [0.25, 0.3) is 22.4 Å². The maximum Gasteiger partial charge on any atom is 0.0708 e. The predicted molar refractivity (Wildman–Crippen MR) is 73.9 cm³/mol. The van der Waals surface area contributed by atoms with Gasteiger partial charge in [0.1, 0.15) is 0 Å². The second-order valence-corrected chi connectivity index (χ2v) is 4.08. The highest BCUT2D eigenvalue weighted by Gasteiger charge is 2.01. The van der Waals surface area contributed by atoms with Crippen LogP contribution >= 0.6 is 0 Å². The first-order valence-electron chi connectivity index (χ1n) is 5.91. The van der Waals surface area contributed by atoms with Crippen LogP contribution in [-0.4, -0.2) is 4.98 Å². The number of rotatable bonds is 2. The Morgan fingerprint density at radius 2 is 1.50 bits per heavy atom. The van der Waals surface area contributed by atoms with Crippen molar-refractivity contribution in [3.8, 4) is 22.4 Å². The van der Waals surface area contributed by atoms with Gasteiger partial charge in [-0.05, 0) is 29.3 Å². The molecule has 0 bridgehead atoms. The fraction of sp³-hybridized carbons (Fsp3) is 0. The fourth-order valence-electron chi connectivity index (χ4n) is 1.96. The number of aromatic nitrogens is 1. The van der Waals surface area contributed by atoms with Crippen molar-refractivity contribution in [1.82, 2.24) is 4.98 Å². The Morgan fingerprint density at radius 1 is 0.722 bits per heavy atom. The zero-order valence-electron chi connectivity index (χ0n) is 9.88. The minimum atomic E-state index is 0.991. The van der Waals surface area contributed by atoms with Crippen LogP contribution in [0.15, 0.2) is 72.9 Å². The minimum absolute atomic E-state index is 0.991. The van der Waals surface area contributed by atoms with Crippen LogP contribution in [0.1, 0.15) is 0 Å². The van der Waals surface area contributed by atoms with Gasteiger partial charge in [0.2, 0.25) is 0 Å². The van der Waals surface area contributed by atoms with Gasteiger partial charge in [0.05, 0.1) is 5.69 Å². The summed E-state index contributed by atoms with van der Waals surface area (Å²) < 4.78 is 0. The van der Waals surface area contributed by atoms with E-state index in [0.29, 0.717) is 0 Å². The van der Waals surface area contributed by atoms with Crippen molar-refractivity contribution in [2.45, 2.75) is 0 Å². The molecule has 0 atom stereocenters. The largest absolute Gasteiger partial charge is 0.256 e. The third-order valence-electron chi connectivity index (χ3n) is 2.88. The smallest absolute Gasteiger partial charge is 0.0708 e. The molecule has 0 unspecified atom stereocenters. The van der Waals surface area contributed by atoms with Gasteiger partial charge in [-0.1, -0.05) is 54.6 Å². The lowest BCUT2D eigenvalue weighted by molar-refractivity contribution is 1.33. The number of pyridine rings is 1. The van der Waals surface area contributed by atoms with Gasteiger partial charge < -0.3 is 0 Å². The molecule has 0 aliphatic heterocycles. The van der Waals surface area contributed by atoms with Crippen molar-refractivity contribution in [3.05, 3.63) is 79.0 Å². The Labute approximate surface area is 107 Å². The lowest BCUT2D eigenvalue weighted by Gasteiger charge is -2.04. The van der Waals surface area contributed by atoms with Gasteiger partial charge in [0.25, 0.3) is 0 Å². The maximum absolute atomic E-state index is 4.42. The zero-order valence-corrected chi connectivity index (χ0v) is 9.88. The summed E-state index contributed by atoms with van der Waals surface area (Å²) in [5.74, 6) is 0. The van der Waals surface area contributed by atoms with Crippen LogP contribution in [0.3, 0.4) is 0 Å². The zero-order chi connectivity index (χ0) is 12.2. The van der Waals surface area contributed by atoms with Crippen LogP contribution in [0, 0.1) is 6.07 Å². The summed E-state index contributed by atoms with van der Waals surface area (Å²) in [4.78, 5) is 4.42. The molecule has 1 aromatic heterocycles. The molecule has 0 fully saturated rings. The Hall–Kier alpha value is -2.41. The highest BCUT2D eigenvalue weighted by Crippen LogP contribution is 2.23. The molecular weight excluding hydrogens is 218 g/mol. The first kappa shape index (κ1) is 10.7. The summed E-state index contributed by atoms with van der Waals surface area (Å²) in [6.45, 7) is 0. The van der Waals surface area contributed by atoms with Gasteiger partial charge in [0.15, 0.2) is 0 Å². The molecule has 0 N–H and O–H groups in total. The summed E-state index contributed by atoms with van der Waals surface area (Å²) in [5, 5.41) is 0. The lowest BCUT2D eigenvalue weighted by Crippen LogP contribution is -1.84. The molecule has 0 aliphatic carbocycles. The molecular formula is C17H12N. The van der Waals surface area contributed by atoms with Crippen LogP contribution < -0.4 is 0 Å². The van der Waals surface area contributed by atoms with E-state index in [-0.39, 0.29) is 0 Å². The minimum Gasteiger partial charge on any atom is -0.256 e. The molecule has 1 nitrogen and oxygen atoms in total. The van der Waals surface area contributed by atoms with Gasteiger partial charge in [-0.3, -0.25) is 4.98 Å². The monoisotopic (exact) mass is 230 g/mol. The normalized spacial score (nSPS) is 10.2. The van der Waals surface area contributed by atoms with Crippen LogP contribution in [0.2, 0.25) is 0 Å². The summed E-state index contributed by atoms with van der Waals surface area (Å²) in [6, 6.07) is 25.4. The standard InChI is InChI=1S/C17H12N/c1-3-7-14(8-4-1)16-11-12-18-17(13-16)15-9-5-2-6-10-15/h1,3-13H. The number of benzene rings is 2. The number of nitrogens with zero attached hydrogens (tertiary/aromatic N) is 1. The van der Waals surface area contributed by atoms with E-state index in [4.69, 9.17) is 0 Å². The lowest BCUT2D eigenvalue weighted by atomic mass is 10.0. The second kappa shape index (κ2) is 4.84. The molecule has 1 radical (unpaired) electrons. The first-order chi connectivity index (χ1) is 8.93. The Morgan fingerprint density at radius 3 is 2.28 bits per heavy atom. The average Bonchev–Trinajstić information content (AvgIpc) is 2.49. The van der Waals surface area contributed by atoms with E-state index >= 15 is 0 Å². The predicted octanol–water partition coefficient (Wildman–Crippen LogP) is 4.22. The van der Waals surface area contributed by atoms with Crippen LogP contribution in [-0.2, 0) is 0 Å². The van der Waals surface area contributed by atoms with E-state index in [2.05, 4.69) is 29.2 Å². The highest BCUT2D eigenvalue weighted by molar-refractivity contribution is 5.70. The third-order valence-corrected chi connectivity index (χ3v) is 2.88. The topological polar surface area (TPSA) is 12.9 Å². The molecule has 2 aromatic carbocycles. The molecule has 1 heteroatoms. The van der Waals surface area contributed by atoms with E-state index in [1.807, 2.05) is 54.7 Å². The molecule has 3 rings (SSSR count). The summed E-state index contributed by atoms with van der Waals surface area (Å²) in [7, 11) is 0. The van der Waals surface area contributed by atoms with E-state index in [9.17, 15) is 0 Å². The van der Waals surface area contributed by atoms with Crippen LogP contribution in [0.5, 0.6) is 0 Å². The number of hydrogen-bond donors (Lipinski definition) is 0. The Bertz CT molecular complexity index is 575. The van der Waals surface area contributed by atoms with Gasteiger partial charge >= 0.3 is 0 Å². The van der Waals surface area contributed by atoms with Gasteiger partial charge in [0, 0.05) is 11.8 Å². The highest BCUT2D eigenvalue weighted by atomic mass is 14.7. The molecule has 3 aromatic rings. The van der Waals surface area contributed by atoms with E-state index in [0.717, 1.165) is 11.3 Å². The molecule has 0 aliphatic rings. The first-order valence-corrected chi connectivity index (χ1v) is 5.91. The van der Waals surface area contributed by atoms with E-state index < -0.39 is 0 Å². The summed E-state index contributed by atoms with van der Waals surface area (Å²) >= 11 is 0. The van der Waals surface area contributed by atoms with Crippen molar-refractivity contribution < 1.29 is 0 Å². The van der Waals surface area contributed by atoms with Crippen molar-refractivity contribution in [3.63, 3.8) is 0 Å². The summed E-state index contributed by atoms with van der Waals surface area (Å²) in [6.07, 6.45) is 1.86. The van der Waals surface area contributed by atoms with Gasteiger partial charge in [-0.15, -0.1) is 0 Å². The molecule has 0 saturated heterocycles. The van der Waals surface area contributed by atoms with Gasteiger partial charge in [-0.25, -0.2) is 0 Å². The molecule has 0 amide bonds. The quantitative estimate of drug-likeness (QED) is 0.642. The van der Waals surface area contributed by atoms with Gasteiger partial charge in [-0.2, -0.15) is 0 Å². The van der Waals surface area contributed by atoms with Crippen molar-refractivity contribution >= 4 is 0 Å². The van der Waals surface area contributed by atoms with Crippen molar-refractivity contribution in [2.75, 3.05) is 0 Å². The maximum atomic E-state index is 4.42. The third kappa shape index (κ3) is 2.16. The SMILES string of the molecule is [c]1ccc(-c2cc(-c3ccccc3)ccn2)cc1. The van der Waals surface area contributed by atoms with Crippen molar-refractivity contribution in [2.24, 2.45) is 0 Å². The second-order valence-electron chi connectivity index (χ2n) is 4.08. The molecule has 85 valence electrons. The molecule has 18 heavy (non-hydrogen) atoms. The molecule has 1 heterocycles. The van der Waals surface area contributed by atoms with E-state index in [1.54, 1.807) is 0 Å². The fourth-order valence-corrected chi connectivity index (χ4v) is 1.96.